The van der Waals surface area contributed by atoms with Crippen molar-refractivity contribution >= 4 is 0 Å². The van der Waals surface area contributed by atoms with E-state index in [-0.39, 0.29) is 6.04 Å². The predicted molar refractivity (Wildman–Crippen MR) is 90.2 cm³/mol. The molecule has 2 aromatic heterocycles. The molecule has 0 aliphatic heterocycles. The SMILES string of the molecule is Cc1cc(CN(C)[C@@H](C)c2ccccn2)ccc1-n1cncn1. The van der Waals surface area contributed by atoms with Crippen LogP contribution in [0.25, 0.3) is 5.69 Å². The molecule has 0 N–H and O–H groups in total. The molecule has 0 bridgehead atoms. The minimum absolute atomic E-state index is 0.270. The maximum Gasteiger partial charge on any atom is 0.138 e. The van der Waals surface area contributed by atoms with Gasteiger partial charge in [-0.3, -0.25) is 9.88 Å². The van der Waals surface area contributed by atoms with Gasteiger partial charge in [0, 0.05) is 18.8 Å². The minimum atomic E-state index is 0.270. The Morgan fingerprint density at radius 2 is 2.09 bits per heavy atom. The Bertz CT molecular complexity index is 752. The predicted octanol–water partition coefficient (Wildman–Crippen LogP) is 3.16. The zero-order valence-corrected chi connectivity index (χ0v) is 13.7. The van der Waals surface area contributed by atoms with E-state index in [1.165, 1.54) is 11.1 Å². The topological polar surface area (TPSA) is 46.8 Å². The van der Waals surface area contributed by atoms with E-state index in [4.69, 9.17) is 0 Å². The number of nitrogens with zero attached hydrogens (tertiary/aromatic N) is 5. The van der Waals surface area contributed by atoms with Crippen molar-refractivity contribution in [3.8, 4) is 5.69 Å². The van der Waals surface area contributed by atoms with Gasteiger partial charge < -0.3 is 0 Å². The summed E-state index contributed by atoms with van der Waals surface area (Å²) in [7, 11) is 2.13. The Morgan fingerprint density at radius 3 is 2.74 bits per heavy atom. The van der Waals surface area contributed by atoms with E-state index >= 15 is 0 Å². The molecule has 3 aromatic rings. The van der Waals surface area contributed by atoms with Crippen molar-refractivity contribution < 1.29 is 0 Å². The summed E-state index contributed by atoms with van der Waals surface area (Å²) in [5.41, 5.74) is 4.61. The van der Waals surface area contributed by atoms with E-state index in [2.05, 4.69) is 65.1 Å². The summed E-state index contributed by atoms with van der Waals surface area (Å²) in [6.07, 6.45) is 5.11. The number of rotatable bonds is 5. The van der Waals surface area contributed by atoms with Gasteiger partial charge in [0.15, 0.2) is 0 Å². The van der Waals surface area contributed by atoms with Gasteiger partial charge in [0.1, 0.15) is 12.7 Å². The number of hydrogen-bond donors (Lipinski definition) is 0. The van der Waals surface area contributed by atoms with Crippen molar-refractivity contribution in [1.82, 2.24) is 24.6 Å². The Balaban J connectivity index is 1.74. The van der Waals surface area contributed by atoms with Gasteiger partial charge in [0.05, 0.1) is 11.4 Å². The molecule has 0 aliphatic rings. The molecule has 23 heavy (non-hydrogen) atoms. The molecular weight excluding hydrogens is 286 g/mol. The van der Waals surface area contributed by atoms with Gasteiger partial charge in [0.25, 0.3) is 0 Å². The van der Waals surface area contributed by atoms with Crippen LogP contribution in [-0.2, 0) is 6.54 Å². The second kappa shape index (κ2) is 6.71. The van der Waals surface area contributed by atoms with E-state index in [9.17, 15) is 0 Å². The van der Waals surface area contributed by atoms with E-state index in [1.54, 1.807) is 17.3 Å². The Hall–Kier alpha value is -2.53. The molecule has 0 amide bonds. The number of hydrogen-bond acceptors (Lipinski definition) is 4. The first-order valence-electron chi connectivity index (χ1n) is 7.71. The van der Waals surface area contributed by atoms with E-state index < -0.39 is 0 Å². The zero-order chi connectivity index (χ0) is 16.2. The number of aryl methyl sites for hydroxylation is 1. The van der Waals surface area contributed by atoms with Crippen LogP contribution in [0.3, 0.4) is 0 Å². The van der Waals surface area contributed by atoms with Crippen molar-refractivity contribution in [2.45, 2.75) is 26.4 Å². The summed E-state index contributed by atoms with van der Waals surface area (Å²) in [5.74, 6) is 0. The third-order valence-electron chi connectivity index (χ3n) is 4.14. The van der Waals surface area contributed by atoms with E-state index in [0.717, 1.165) is 17.9 Å². The fraction of sp³-hybridized carbons (Fsp3) is 0.278. The largest absolute Gasteiger partial charge is 0.294 e. The molecule has 1 atom stereocenters. The summed E-state index contributed by atoms with van der Waals surface area (Å²) in [6.45, 7) is 5.15. The molecule has 0 spiro atoms. The Labute approximate surface area is 136 Å². The molecule has 1 aromatic carbocycles. The number of aromatic nitrogens is 4. The molecular formula is C18H21N5. The highest BCUT2D eigenvalue weighted by Gasteiger charge is 2.13. The maximum atomic E-state index is 4.45. The van der Waals surface area contributed by atoms with Crippen LogP contribution in [0.4, 0.5) is 0 Å². The van der Waals surface area contributed by atoms with Crippen molar-refractivity contribution in [3.05, 3.63) is 72.1 Å². The van der Waals surface area contributed by atoms with Crippen molar-refractivity contribution in [2.24, 2.45) is 0 Å². The average molecular weight is 307 g/mol. The van der Waals surface area contributed by atoms with Gasteiger partial charge in [-0.25, -0.2) is 9.67 Å². The minimum Gasteiger partial charge on any atom is -0.294 e. The molecule has 0 fully saturated rings. The monoisotopic (exact) mass is 307 g/mol. The normalized spacial score (nSPS) is 12.5. The number of benzene rings is 1. The lowest BCUT2D eigenvalue weighted by Crippen LogP contribution is -2.22. The molecule has 3 rings (SSSR count). The molecule has 0 saturated heterocycles. The lowest BCUT2D eigenvalue weighted by atomic mass is 10.1. The van der Waals surface area contributed by atoms with Crippen LogP contribution in [0.2, 0.25) is 0 Å². The highest BCUT2D eigenvalue weighted by atomic mass is 15.3. The second-order valence-corrected chi connectivity index (χ2v) is 5.81. The first kappa shape index (κ1) is 15.4. The zero-order valence-electron chi connectivity index (χ0n) is 13.7. The fourth-order valence-electron chi connectivity index (χ4n) is 2.68. The van der Waals surface area contributed by atoms with Gasteiger partial charge in [-0.15, -0.1) is 0 Å². The molecule has 0 unspecified atom stereocenters. The third-order valence-corrected chi connectivity index (χ3v) is 4.14. The molecule has 2 heterocycles. The van der Waals surface area contributed by atoms with Crippen LogP contribution in [0.15, 0.2) is 55.2 Å². The third kappa shape index (κ3) is 3.46. The smallest absolute Gasteiger partial charge is 0.138 e. The van der Waals surface area contributed by atoms with Crippen molar-refractivity contribution in [3.63, 3.8) is 0 Å². The van der Waals surface area contributed by atoms with Crippen LogP contribution < -0.4 is 0 Å². The average Bonchev–Trinajstić information content (AvgIpc) is 3.09. The molecule has 5 nitrogen and oxygen atoms in total. The standard InChI is InChI=1S/C18H21N5/c1-14-10-16(7-8-18(14)23-13-19-12-21-23)11-22(3)15(2)17-6-4-5-9-20-17/h4-10,12-13,15H,11H2,1-3H3/t15-/m0/s1. The Kier molecular flexibility index (Phi) is 4.48. The highest BCUT2D eigenvalue weighted by molar-refractivity contribution is 5.41. The first-order valence-corrected chi connectivity index (χ1v) is 7.71. The van der Waals surface area contributed by atoms with Crippen molar-refractivity contribution in [2.75, 3.05) is 7.05 Å². The van der Waals surface area contributed by atoms with Gasteiger partial charge in [-0.05, 0) is 50.2 Å². The van der Waals surface area contributed by atoms with Crippen molar-refractivity contribution in [1.29, 1.82) is 0 Å². The van der Waals surface area contributed by atoms with Gasteiger partial charge in [-0.2, -0.15) is 5.10 Å². The van der Waals surface area contributed by atoms with Crippen LogP contribution in [-0.4, -0.2) is 31.7 Å². The molecule has 0 saturated carbocycles. The van der Waals surface area contributed by atoms with Crippen LogP contribution in [0.5, 0.6) is 0 Å². The van der Waals surface area contributed by atoms with E-state index in [0.29, 0.717) is 0 Å². The summed E-state index contributed by atoms with van der Waals surface area (Å²) >= 11 is 0. The molecule has 0 aliphatic carbocycles. The van der Waals surface area contributed by atoms with Crippen LogP contribution in [0, 0.1) is 6.92 Å². The lowest BCUT2D eigenvalue weighted by Gasteiger charge is -2.24. The summed E-state index contributed by atoms with van der Waals surface area (Å²) < 4.78 is 1.79. The second-order valence-electron chi connectivity index (χ2n) is 5.81. The van der Waals surface area contributed by atoms with E-state index in [1.807, 2.05) is 18.3 Å². The first-order chi connectivity index (χ1) is 11.1. The fourth-order valence-corrected chi connectivity index (χ4v) is 2.68. The molecule has 0 radical (unpaired) electrons. The molecule has 118 valence electrons. The van der Waals surface area contributed by atoms with Gasteiger partial charge in [-0.1, -0.05) is 18.2 Å². The van der Waals surface area contributed by atoms with Crippen LogP contribution >= 0.6 is 0 Å². The highest BCUT2D eigenvalue weighted by Crippen LogP contribution is 2.20. The van der Waals surface area contributed by atoms with Gasteiger partial charge >= 0.3 is 0 Å². The quantitative estimate of drug-likeness (QED) is 0.726. The lowest BCUT2D eigenvalue weighted by molar-refractivity contribution is 0.248. The van der Waals surface area contributed by atoms with Crippen LogP contribution in [0.1, 0.15) is 29.8 Å². The maximum absolute atomic E-state index is 4.45. The molecule has 5 heteroatoms. The summed E-state index contributed by atoms with van der Waals surface area (Å²) in [5, 5.41) is 4.19. The Morgan fingerprint density at radius 1 is 1.22 bits per heavy atom. The summed E-state index contributed by atoms with van der Waals surface area (Å²) in [4.78, 5) is 10.7. The summed E-state index contributed by atoms with van der Waals surface area (Å²) in [6, 6.07) is 12.8. The van der Waals surface area contributed by atoms with Gasteiger partial charge in [0.2, 0.25) is 0 Å². The number of pyridine rings is 1.